The average Bonchev–Trinajstić information content (AvgIpc) is 2.74. The van der Waals surface area contributed by atoms with Crippen molar-refractivity contribution in [3.05, 3.63) is 0 Å². The van der Waals surface area contributed by atoms with E-state index in [0.717, 1.165) is 45.1 Å². The van der Waals surface area contributed by atoms with Crippen molar-refractivity contribution in [3.63, 3.8) is 0 Å². The number of hydrogen-bond acceptors (Lipinski definition) is 3. The van der Waals surface area contributed by atoms with Crippen LogP contribution in [0.4, 0.5) is 0 Å². The zero-order valence-electron chi connectivity index (χ0n) is 11.3. The van der Waals surface area contributed by atoms with Gasteiger partial charge in [-0.05, 0) is 26.9 Å². The van der Waals surface area contributed by atoms with Crippen molar-refractivity contribution in [2.24, 2.45) is 4.99 Å². The largest absolute Gasteiger partial charge is 0.391 e. The molecule has 1 rings (SSSR count). The maximum atomic E-state index is 9.54. The van der Waals surface area contributed by atoms with Crippen LogP contribution in [0.15, 0.2) is 4.99 Å². The highest BCUT2D eigenvalue weighted by atomic mass is 16.3. The van der Waals surface area contributed by atoms with Gasteiger partial charge in [0.05, 0.1) is 12.6 Å². The lowest BCUT2D eigenvalue weighted by atomic mass is 10.3. The molecule has 0 bridgehead atoms. The zero-order valence-corrected chi connectivity index (χ0v) is 11.3. The number of guanidine groups is 1. The van der Waals surface area contributed by atoms with Gasteiger partial charge in [0, 0.05) is 26.2 Å². The van der Waals surface area contributed by atoms with Crippen LogP contribution < -0.4 is 5.32 Å². The maximum absolute atomic E-state index is 9.54. The molecule has 1 saturated heterocycles. The molecule has 1 heterocycles. The minimum absolute atomic E-state index is 0.197. The lowest BCUT2D eigenvalue weighted by molar-refractivity contribution is 0.187. The highest BCUT2D eigenvalue weighted by Crippen LogP contribution is 2.08. The van der Waals surface area contributed by atoms with Gasteiger partial charge in [0.25, 0.3) is 0 Å². The Kier molecular flexibility index (Phi) is 6.29. The summed E-state index contributed by atoms with van der Waals surface area (Å²) in [6, 6.07) is 0. The van der Waals surface area contributed by atoms with Gasteiger partial charge >= 0.3 is 0 Å². The molecule has 1 fully saturated rings. The molecule has 2 N–H and O–H groups in total. The topological polar surface area (TPSA) is 51.1 Å². The molecule has 0 aliphatic carbocycles. The van der Waals surface area contributed by atoms with Crippen molar-refractivity contribution in [2.75, 3.05) is 46.3 Å². The Morgan fingerprint density at radius 3 is 2.82 bits per heavy atom. The first-order valence-corrected chi connectivity index (χ1v) is 6.57. The number of likely N-dealkylation sites (N-methyl/N-ethyl adjacent to an activating group) is 1. The fourth-order valence-electron chi connectivity index (χ4n) is 1.84. The lowest BCUT2D eigenvalue weighted by Gasteiger charge is -2.21. The molecule has 0 aromatic rings. The first kappa shape index (κ1) is 14.3. The van der Waals surface area contributed by atoms with E-state index in [4.69, 9.17) is 0 Å². The van der Waals surface area contributed by atoms with Crippen LogP contribution in [0, 0.1) is 0 Å². The summed E-state index contributed by atoms with van der Waals surface area (Å²) in [5.74, 6) is 0.938. The third-order valence-corrected chi connectivity index (χ3v) is 3.08. The third kappa shape index (κ3) is 4.91. The molecule has 5 heteroatoms. The van der Waals surface area contributed by atoms with Crippen LogP contribution in [0.25, 0.3) is 0 Å². The summed E-state index contributed by atoms with van der Waals surface area (Å²) in [4.78, 5) is 8.98. The molecular formula is C12H26N4O. The first-order chi connectivity index (χ1) is 8.17. The van der Waals surface area contributed by atoms with E-state index in [1.165, 1.54) is 0 Å². The summed E-state index contributed by atoms with van der Waals surface area (Å²) in [5.41, 5.74) is 0. The molecule has 1 atom stereocenters. The SMILES string of the molecule is CCNC(=NCCN(C)CC)N1CC[C@@H](O)C1. The molecule has 5 nitrogen and oxygen atoms in total. The third-order valence-electron chi connectivity index (χ3n) is 3.08. The Hall–Kier alpha value is -0.810. The fraction of sp³-hybridized carbons (Fsp3) is 0.917. The molecule has 100 valence electrons. The van der Waals surface area contributed by atoms with Gasteiger partial charge in [0.2, 0.25) is 0 Å². The number of hydrogen-bond donors (Lipinski definition) is 2. The summed E-state index contributed by atoms with van der Waals surface area (Å²) >= 11 is 0. The van der Waals surface area contributed by atoms with Crippen LogP contribution in [0.2, 0.25) is 0 Å². The Labute approximate surface area is 105 Å². The van der Waals surface area contributed by atoms with Gasteiger partial charge < -0.3 is 20.2 Å². The Balaban J connectivity index is 2.44. The van der Waals surface area contributed by atoms with Gasteiger partial charge in [0.15, 0.2) is 5.96 Å². The van der Waals surface area contributed by atoms with Crippen LogP contribution >= 0.6 is 0 Å². The fourth-order valence-corrected chi connectivity index (χ4v) is 1.84. The van der Waals surface area contributed by atoms with Gasteiger partial charge in [-0.15, -0.1) is 0 Å². The molecule has 1 aliphatic rings. The van der Waals surface area contributed by atoms with E-state index in [-0.39, 0.29) is 6.10 Å². The molecule has 0 aromatic carbocycles. The molecule has 0 amide bonds. The Bertz CT molecular complexity index is 245. The van der Waals surface area contributed by atoms with E-state index in [1.807, 2.05) is 0 Å². The monoisotopic (exact) mass is 242 g/mol. The number of aliphatic imine (C=N–C) groups is 1. The van der Waals surface area contributed by atoms with Crippen LogP contribution in [0.5, 0.6) is 0 Å². The highest BCUT2D eigenvalue weighted by molar-refractivity contribution is 5.80. The van der Waals surface area contributed by atoms with Crippen molar-refractivity contribution in [1.29, 1.82) is 0 Å². The summed E-state index contributed by atoms with van der Waals surface area (Å²) in [7, 11) is 2.10. The smallest absolute Gasteiger partial charge is 0.194 e. The van der Waals surface area contributed by atoms with Crippen molar-refractivity contribution in [3.8, 4) is 0 Å². The maximum Gasteiger partial charge on any atom is 0.194 e. The van der Waals surface area contributed by atoms with E-state index in [0.29, 0.717) is 6.54 Å². The normalized spacial score (nSPS) is 21.4. The molecule has 0 unspecified atom stereocenters. The van der Waals surface area contributed by atoms with E-state index in [9.17, 15) is 5.11 Å². The van der Waals surface area contributed by atoms with Crippen LogP contribution in [-0.2, 0) is 0 Å². The summed E-state index contributed by atoms with van der Waals surface area (Å²) in [5, 5.41) is 12.8. The standard InChI is InChI=1S/C12H26N4O/c1-4-13-12(14-7-9-15(3)5-2)16-8-6-11(17)10-16/h11,17H,4-10H2,1-3H3,(H,13,14)/t11-/m1/s1. The predicted octanol–water partition coefficient (Wildman–Crippen LogP) is -0.0298. The highest BCUT2D eigenvalue weighted by Gasteiger charge is 2.22. The van der Waals surface area contributed by atoms with Gasteiger partial charge in [-0.2, -0.15) is 0 Å². The first-order valence-electron chi connectivity index (χ1n) is 6.57. The van der Waals surface area contributed by atoms with Crippen molar-refractivity contribution in [2.45, 2.75) is 26.4 Å². The summed E-state index contributed by atoms with van der Waals surface area (Å²) < 4.78 is 0. The second kappa shape index (κ2) is 7.50. The average molecular weight is 242 g/mol. The van der Waals surface area contributed by atoms with Crippen molar-refractivity contribution < 1.29 is 5.11 Å². The second-order valence-corrected chi connectivity index (χ2v) is 4.52. The van der Waals surface area contributed by atoms with Crippen LogP contribution in [-0.4, -0.2) is 73.3 Å². The molecule has 17 heavy (non-hydrogen) atoms. The van der Waals surface area contributed by atoms with Gasteiger partial charge in [0.1, 0.15) is 0 Å². The van der Waals surface area contributed by atoms with Gasteiger partial charge in [-0.1, -0.05) is 6.92 Å². The van der Waals surface area contributed by atoms with Crippen molar-refractivity contribution >= 4 is 5.96 Å². The second-order valence-electron chi connectivity index (χ2n) is 4.52. The lowest BCUT2D eigenvalue weighted by Crippen LogP contribution is -2.41. The minimum Gasteiger partial charge on any atom is -0.391 e. The van der Waals surface area contributed by atoms with E-state index >= 15 is 0 Å². The predicted molar refractivity (Wildman–Crippen MR) is 71.3 cm³/mol. The van der Waals surface area contributed by atoms with Gasteiger partial charge in [-0.25, -0.2) is 0 Å². The molecule has 0 saturated carbocycles. The van der Waals surface area contributed by atoms with E-state index in [1.54, 1.807) is 0 Å². The number of rotatable bonds is 5. The zero-order chi connectivity index (χ0) is 12.7. The van der Waals surface area contributed by atoms with E-state index in [2.05, 4.69) is 41.0 Å². The minimum atomic E-state index is -0.197. The number of aliphatic hydroxyl groups is 1. The number of nitrogens with zero attached hydrogens (tertiary/aromatic N) is 3. The molecule has 0 radical (unpaired) electrons. The quantitative estimate of drug-likeness (QED) is 0.525. The molecule has 0 spiro atoms. The number of β-amino-alcohol motifs (C(OH)–C–C–N with tert-alkyl or cyclic N) is 1. The molecular weight excluding hydrogens is 216 g/mol. The van der Waals surface area contributed by atoms with Crippen molar-refractivity contribution in [1.82, 2.24) is 15.1 Å². The Morgan fingerprint density at radius 1 is 1.53 bits per heavy atom. The summed E-state index contributed by atoms with van der Waals surface area (Å²) in [6.07, 6.45) is 0.649. The number of likely N-dealkylation sites (tertiary alicyclic amines) is 1. The molecule has 1 aliphatic heterocycles. The van der Waals surface area contributed by atoms with Crippen LogP contribution in [0.3, 0.4) is 0 Å². The number of aliphatic hydroxyl groups excluding tert-OH is 1. The van der Waals surface area contributed by atoms with Gasteiger partial charge in [-0.3, -0.25) is 4.99 Å². The summed E-state index contributed by atoms with van der Waals surface area (Å²) in [6.45, 7) is 9.52. The van der Waals surface area contributed by atoms with E-state index < -0.39 is 0 Å². The molecule has 0 aromatic heterocycles. The van der Waals surface area contributed by atoms with Crippen LogP contribution in [0.1, 0.15) is 20.3 Å². The number of nitrogens with one attached hydrogen (secondary N) is 1. The Morgan fingerprint density at radius 2 is 2.29 bits per heavy atom.